The van der Waals surface area contributed by atoms with Gasteiger partial charge in [0, 0.05) is 20.9 Å². The van der Waals surface area contributed by atoms with Crippen molar-refractivity contribution < 1.29 is 4.42 Å². The minimum atomic E-state index is 0.428. The van der Waals surface area contributed by atoms with Crippen molar-refractivity contribution in [2.24, 2.45) is 0 Å². The van der Waals surface area contributed by atoms with E-state index in [0.717, 1.165) is 17.3 Å². The predicted octanol–water partition coefficient (Wildman–Crippen LogP) is 9.04. The number of benzene rings is 2. The first-order valence-corrected chi connectivity index (χ1v) is 12.4. The number of hydrogen-bond donors (Lipinski definition) is 0. The third-order valence-corrected chi connectivity index (χ3v) is 8.48. The summed E-state index contributed by atoms with van der Waals surface area (Å²) in [5, 5.41) is 2.86. The van der Waals surface area contributed by atoms with Crippen LogP contribution in [0.25, 0.3) is 21.1 Å². The Morgan fingerprint density at radius 3 is 2.43 bits per heavy atom. The van der Waals surface area contributed by atoms with Crippen molar-refractivity contribution in [3.8, 4) is 0 Å². The van der Waals surface area contributed by atoms with Gasteiger partial charge in [-0.3, -0.25) is 0 Å². The summed E-state index contributed by atoms with van der Waals surface area (Å²) in [6, 6.07) is 16.5. The van der Waals surface area contributed by atoms with E-state index < -0.39 is 0 Å². The quantitative estimate of drug-likeness (QED) is 0.317. The molecule has 2 aliphatic carbocycles. The van der Waals surface area contributed by atoms with Gasteiger partial charge in [0.15, 0.2) is 0 Å². The molecule has 2 fully saturated rings. The Morgan fingerprint density at radius 1 is 0.867 bits per heavy atom. The van der Waals surface area contributed by atoms with Gasteiger partial charge in [0.05, 0.1) is 0 Å². The minimum absolute atomic E-state index is 0.428. The fraction of sp³-hybridized carbons (Fsp3) is 0.429. The number of hydrogen-bond acceptors (Lipinski definition) is 2. The Hall–Kier alpha value is -2.06. The highest BCUT2D eigenvalue weighted by atomic mass is 32.1. The van der Waals surface area contributed by atoms with Crippen LogP contribution in [-0.4, -0.2) is 0 Å². The molecule has 2 aliphatic rings. The summed E-state index contributed by atoms with van der Waals surface area (Å²) in [6.07, 6.45) is 4.00. The van der Waals surface area contributed by atoms with Crippen LogP contribution in [0.15, 0.2) is 46.9 Å². The molecule has 4 aromatic rings. The largest absolute Gasteiger partial charge is 0.461 e. The minimum Gasteiger partial charge on any atom is -0.461 e. The van der Waals surface area contributed by atoms with Crippen molar-refractivity contribution in [1.82, 2.24) is 0 Å². The van der Waals surface area contributed by atoms with Gasteiger partial charge in [0.1, 0.15) is 11.3 Å². The highest BCUT2D eigenvalue weighted by Gasteiger charge is 2.41. The summed E-state index contributed by atoms with van der Waals surface area (Å²) in [7, 11) is 0. The molecular formula is C28H30OS. The van der Waals surface area contributed by atoms with E-state index in [0.29, 0.717) is 23.7 Å². The lowest BCUT2D eigenvalue weighted by atomic mass is 9.96. The molecule has 0 aliphatic heterocycles. The molecule has 2 saturated carbocycles. The van der Waals surface area contributed by atoms with Crippen LogP contribution in [0.1, 0.15) is 104 Å². The summed E-state index contributed by atoms with van der Waals surface area (Å²) in [5.41, 5.74) is 5.72. The van der Waals surface area contributed by atoms with E-state index in [4.69, 9.17) is 4.42 Å². The third kappa shape index (κ3) is 3.03. The highest BCUT2D eigenvalue weighted by Crippen LogP contribution is 2.58. The maximum absolute atomic E-state index is 6.13. The molecule has 0 spiro atoms. The first-order chi connectivity index (χ1) is 14.5. The van der Waals surface area contributed by atoms with Gasteiger partial charge in [-0.05, 0) is 89.3 Å². The average Bonchev–Trinajstić information content (AvgIpc) is 3.62. The second-order valence-electron chi connectivity index (χ2n) is 10.1. The van der Waals surface area contributed by atoms with Crippen LogP contribution in [0, 0.1) is 0 Å². The molecule has 2 heteroatoms. The Balaban J connectivity index is 1.39. The van der Waals surface area contributed by atoms with Crippen molar-refractivity contribution in [2.75, 3.05) is 0 Å². The van der Waals surface area contributed by atoms with E-state index in [9.17, 15) is 0 Å². The van der Waals surface area contributed by atoms with E-state index in [1.165, 1.54) is 45.2 Å². The molecule has 2 atom stereocenters. The Kier molecular flexibility index (Phi) is 4.19. The van der Waals surface area contributed by atoms with Gasteiger partial charge in [-0.25, -0.2) is 0 Å². The Morgan fingerprint density at radius 2 is 1.70 bits per heavy atom. The van der Waals surface area contributed by atoms with Gasteiger partial charge in [-0.2, -0.15) is 0 Å². The number of thiophene rings is 1. The van der Waals surface area contributed by atoms with Gasteiger partial charge in [-0.1, -0.05) is 45.9 Å². The zero-order valence-electron chi connectivity index (χ0n) is 18.4. The maximum Gasteiger partial charge on any atom is 0.134 e. The standard InChI is InChI=1S/C28H30OS/c1-15(2)26-13-23-19(6-5-7-25(23)29-26)22-12-21(22)18-10-20(17-8-9-17)24-14-27(16(3)4)30-28(24)11-18/h5-7,10-11,13-17,21-22H,8-9,12H2,1-4H3. The SMILES string of the molecule is CC(C)c1cc2c(C3CC3c3cc(C4CC4)c4cc(C(C)C)sc4c3)cccc2o1. The van der Waals surface area contributed by atoms with E-state index in [1.54, 1.807) is 11.1 Å². The lowest BCUT2D eigenvalue weighted by Crippen LogP contribution is -1.89. The van der Waals surface area contributed by atoms with Crippen LogP contribution < -0.4 is 0 Å². The second-order valence-corrected chi connectivity index (χ2v) is 11.2. The molecular weight excluding hydrogens is 384 g/mol. The molecule has 0 N–H and O–H groups in total. The van der Waals surface area contributed by atoms with Crippen molar-refractivity contribution in [3.63, 3.8) is 0 Å². The topological polar surface area (TPSA) is 13.1 Å². The molecule has 2 heterocycles. The normalized spacial score (nSPS) is 21.4. The van der Waals surface area contributed by atoms with Crippen molar-refractivity contribution in [2.45, 2.75) is 76.5 Å². The number of rotatable bonds is 5. The number of furan rings is 1. The molecule has 1 nitrogen and oxygen atoms in total. The third-order valence-electron chi connectivity index (χ3n) is 7.10. The highest BCUT2D eigenvalue weighted by molar-refractivity contribution is 7.19. The van der Waals surface area contributed by atoms with Crippen LogP contribution in [0.5, 0.6) is 0 Å². The summed E-state index contributed by atoms with van der Waals surface area (Å²) in [5.74, 6) is 4.22. The fourth-order valence-electron chi connectivity index (χ4n) is 5.06. The van der Waals surface area contributed by atoms with E-state index in [2.05, 4.69) is 70.2 Å². The lowest BCUT2D eigenvalue weighted by molar-refractivity contribution is 0.521. The first-order valence-electron chi connectivity index (χ1n) is 11.6. The van der Waals surface area contributed by atoms with Crippen LogP contribution >= 0.6 is 11.3 Å². The van der Waals surface area contributed by atoms with Crippen molar-refractivity contribution >= 4 is 32.4 Å². The maximum atomic E-state index is 6.13. The molecule has 0 saturated heterocycles. The molecule has 6 rings (SSSR count). The summed E-state index contributed by atoms with van der Waals surface area (Å²) >= 11 is 2.02. The smallest absolute Gasteiger partial charge is 0.134 e. The molecule has 0 bridgehead atoms. The summed E-state index contributed by atoms with van der Waals surface area (Å²) < 4.78 is 7.64. The molecule has 0 amide bonds. The van der Waals surface area contributed by atoms with Gasteiger partial charge in [-0.15, -0.1) is 11.3 Å². The lowest BCUT2D eigenvalue weighted by Gasteiger charge is -2.08. The molecule has 0 radical (unpaired) electrons. The second kappa shape index (κ2) is 6.72. The van der Waals surface area contributed by atoms with Crippen LogP contribution in [0.2, 0.25) is 0 Å². The molecule has 2 aromatic carbocycles. The fourth-order valence-corrected chi connectivity index (χ4v) is 6.20. The monoisotopic (exact) mass is 414 g/mol. The number of fused-ring (bicyclic) bond motifs is 2. The van der Waals surface area contributed by atoms with Crippen LogP contribution in [0.3, 0.4) is 0 Å². The van der Waals surface area contributed by atoms with E-state index in [-0.39, 0.29) is 0 Å². The van der Waals surface area contributed by atoms with E-state index >= 15 is 0 Å². The molecule has 2 aromatic heterocycles. The molecule has 2 unspecified atom stereocenters. The summed E-state index contributed by atoms with van der Waals surface area (Å²) in [4.78, 5) is 1.53. The summed E-state index contributed by atoms with van der Waals surface area (Å²) in [6.45, 7) is 9.05. The van der Waals surface area contributed by atoms with Crippen molar-refractivity contribution in [3.05, 3.63) is 69.8 Å². The molecule has 30 heavy (non-hydrogen) atoms. The van der Waals surface area contributed by atoms with Gasteiger partial charge >= 0.3 is 0 Å². The van der Waals surface area contributed by atoms with Gasteiger partial charge < -0.3 is 4.42 Å². The first kappa shape index (κ1) is 18.7. The van der Waals surface area contributed by atoms with Crippen LogP contribution in [-0.2, 0) is 0 Å². The predicted molar refractivity (Wildman–Crippen MR) is 128 cm³/mol. The zero-order chi connectivity index (χ0) is 20.6. The van der Waals surface area contributed by atoms with Crippen LogP contribution in [0.4, 0.5) is 0 Å². The van der Waals surface area contributed by atoms with Gasteiger partial charge in [0.25, 0.3) is 0 Å². The molecule has 154 valence electrons. The zero-order valence-corrected chi connectivity index (χ0v) is 19.2. The van der Waals surface area contributed by atoms with Gasteiger partial charge in [0.2, 0.25) is 0 Å². The Bertz CT molecular complexity index is 1250. The average molecular weight is 415 g/mol. The Labute approximate surface area is 183 Å². The van der Waals surface area contributed by atoms with Crippen molar-refractivity contribution in [1.29, 1.82) is 0 Å². The van der Waals surface area contributed by atoms with E-state index in [1.807, 2.05) is 11.3 Å².